The number of aldehydes is 1. The average molecular weight is 542 g/mol. The van der Waals surface area contributed by atoms with Gasteiger partial charge in [0.15, 0.2) is 6.29 Å². The van der Waals surface area contributed by atoms with Crippen molar-refractivity contribution in [3.8, 4) is 22.3 Å². The maximum atomic E-state index is 11.5. The minimum absolute atomic E-state index is 0.0447. The second kappa shape index (κ2) is 17.5. The van der Waals surface area contributed by atoms with Gasteiger partial charge < -0.3 is 15.6 Å². The van der Waals surface area contributed by atoms with Crippen molar-refractivity contribution < 1.29 is 4.79 Å². The number of nitrogens with zero attached hydrogens (tertiary/aromatic N) is 2. The lowest BCUT2D eigenvalue weighted by Gasteiger charge is -2.13. The molecule has 0 aliphatic heterocycles. The Kier molecular flexibility index (Phi) is 14.0. The molecule has 8 N–H and O–H groups in total. The highest BCUT2D eigenvalue weighted by molar-refractivity contribution is 6.02. The summed E-state index contributed by atoms with van der Waals surface area (Å²) in [6.07, 6.45) is 6.73. The zero-order valence-corrected chi connectivity index (χ0v) is 23.9. The van der Waals surface area contributed by atoms with E-state index in [4.69, 9.17) is 11.1 Å². The van der Waals surface area contributed by atoms with Crippen LogP contribution in [0.1, 0.15) is 60.5 Å². The van der Waals surface area contributed by atoms with E-state index < -0.39 is 0 Å². The number of aryl methyl sites for hydroxylation is 1. The van der Waals surface area contributed by atoms with E-state index in [0.29, 0.717) is 17.8 Å². The topological polar surface area (TPSA) is 149 Å². The first kappa shape index (κ1) is 32.1. The lowest BCUT2D eigenvalue weighted by Crippen LogP contribution is -2.12. The summed E-state index contributed by atoms with van der Waals surface area (Å²) in [7, 11) is 1.96. The van der Waals surface area contributed by atoms with Crippen LogP contribution in [0.25, 0.3) is 22.3 Å². The van der Waals surface area contributed by atoms with Crippen LogP contribution in [0, 0.1) is 5.41 Å². The number of unbranched alkanes of at least 4 members (excludes halogenated alkanes) is 1. The average Bonchev–Trinajstić information content (AvgIpc) is 3.39. The summed E-state index contributed by atoms with van der Waals surface area (Å²) >= 11 is 0. The third kappa shape index (κ3) is 8.98. The standard InChI is InChI=1S/C28H28N4O.C4H11N.H4N2/c1-2-3-9-27-31-17-24(19-33)32(27)18-20-10-12-22(13-11-20)26-16-23(14-15-25(26)28(29)30)21-7-5-4-6-8-21;1-3-4-5-2;1-2/h4-8,10-17,19H,2-3,9,18H2,1H3,(H3,29,30);5H,3-4H2,1-2H3;1-2H2. The van der Waals surface area contributed by atoms with Crippen molar-refractivity contribution in [3.63, 3.8) is 0 Å². The monoisotopic (exact) mass is 541 g/mol. The van der Waals surface area contributed by atoms with Crippen LogP contribution in [-0.2, 0) is 13.0 Å². The van der Waals surface area contributed by atoms with Crippen molar-refractivity contribution in [2.45, 2.75) is 46.1 Å². The van der Waals surface area contributed by atoms with E-state index in [-0.39, 0.29) is 5.84 Å². The predicted octanol–water partition coefficient (Wildman–Crippen LogP) is 5.14. The summed E-state index contributed by atoms with van der Waals surface area (Å²) in [5.74, 6) is 8.99. The second-order valence-electron chi connectivity index (χ2n) is 9.25. The largest absolute Gasteiger partial charge is 0.384 e. The number of carbonyl (C=O) groups is 1. The van der Waals surface area contributed by atoms with Gasteiger partial charge in [-0.3, -0.25) is 21.9 Å². The van der Waals surface area contributed by atoms with Crippen LogP contribution < -0.4 is 22.7 Å². The van der Waals surface area contributed by atoms with Gasteiger partial charge in [-0.2, -0.15) is 0 Å². The molecule has 0 radical (unpaired) electrons. The first-order valence-corrected chi connectivity index (χ1v) is 13.6. The third-order valence-corrected chi connectivity index (χ3v) is 6.37. The number of hydrazine groups is 1. The smallest absolute Gasteiger partial charge is 0.168 e. The Bertz CT molecular complexity index is 1310. The maximum Gasteiger partial charge on any atom is 0.168 e. The van der Waals surface area contributed by atoms with Gasteiger partial charge in [0.25, 0.3) is 0 Å². The molecule has 212 valence electrons. The van der Waals surface area contributed by atoms with Gasteiger partial charge >= 0.3 is 0 Å². The number of rotatable bonds is 11. The van der Waals surface area contributed by atoms with Crippen LogP contribution in [0.5, 0.6) is 0 Å². The first-order chi connectivity index (χ1) is 19.5. The van der Waals surface area contributed by atoms with Crippen LogP contribution in [-0.4, -0.2) is 35.3 Å². The number of benzene rings is 3. The molecule has 4 aromatic rings. The van der Waals surface area contributed by atoms with Gasteiger partial charge in [-0.05, 0) is 60.3 Å². The Morgan fingerprint density at radius 3 is 2.17 bits per heavy atom. The molecule has 3 aromatic carbocycles. The molecule has 0 aliphatic rings. The molecule has 0 unspecified atom stereocenters. The van der Waals surface area contributed by atoms with E-state index >= 15 is 0 Å². The summed E-state index contributed by atoms with van der Waals surface area (Å²) in [4.78, 5) is 16.0. The number of aromatic nitrogens is 2. The molecule has 40 heavy (non-hydrogen) atoms. The Morgan fingerprint density at radius 1 is 0.950 bits per heavy atom. The number of hydrogen-bond donors (Lipinski definition) is 5. The lowest BCUT2D eigenvalue weighted by molar-refractivity contribution is 0.111. The number of hydrogen-bond acceptors (Lipinski definition) is 6. The summed E-state index contributed by atoms with van der Waals surface area (Å²) in [6, 6.07) is 24.4. The molecule has 0 saturated heterocycles. The zero-order valence-electron chi connectivity index (χ0n) is 23.9. The van der Waals surface area contributed by atoms with Crippen LogP contribution in [0.4, 0.5) is 0 Å². The van der Waals surface area contributed by atoms with E-state index in [9.17, 15) is 4.79 Å². The van der Waals surface area contributed by atoms with Gasteiger partial charge in [-0.1, -0.05) is 87.0 Å². The molecule has 0 aliphatic carbocycles. The Labute approximate surface area is 238 Å². The molecule has 8 heteroatoms. The maximum absolute atomic E-state index is 11.5. The third-order valence-electron chi connectivity index (χ3n) is 6.37. The zero-order chi connectivity index (χ0) is 29.3. The van der Waals surface area contributed by atoms with E-state index in [1.54, 1.807) is 6.20 Å². The molecule has 8 nitrogen and oxygen atoms in total. The lowest BCUT2D eigenvalue weighted by atomic mass is 9.93. The van der Waals surface area contributed by atoms with E-state index in [1.807, 2.05) is 41.9 Å². The van der Waals surface area contributed by atoms with Crippen molar-refractivity contribution in [1.29, 1.82) is 5.41 Å². The Hall–Kier alpha value is -4.11. The van der Waals surface area contributed by atoms with Crippen LogP contribution in [0.2, 0.25) is 0 Å². The van der Waals surface area contributed by atoms with Gasteiger partial charge in [0.05, 0.1) is 6.20 Å². The van der Waals surface area contributed by atoms with E-state index in [0.717, 1.165) is 65.7 Å². The summed E-state index contributed by atoms with van der Waals surface area (Å²) in [5.41, 5.74) is 12.4. The molecule has 0 amide bonds. The summed E-state index contributed by atoms with van der Waals surface area (Å²) in [6.45, 7) is 6.03. The van der Waals surface area contributed by atoms with Gasteiger partial charge in [0, 0.05) is 18.5 Å². The minimum atomic E-state index is 0.0447. The molecule has 4 rings (SSSR count). The molecule has 1 heterocycles. The molecule has 0 fully saturated rings. The van der Waals surface area contributed by atoms with Gasteiger partial charge in [0.2, 0.25) is 0 Å². The Balaban J connectivity index is 0.000000722. The number of nitrogens with two attached hydrogens (primary N) is 3. The molecule has 0 atom stereocenters. The highest BCUT2D eigenvalue weighted by Gasteiger charge is 2.12. The van der Waals surface area contributed by atoms with Crippen molar-refractivity contribution in [1.82, 2.24) is 14.9 Å². The molecule has 0 saturated carbocycles. The molecular formula is C32H43N7O. The quantitative estimate of drug-likeness (QED) is 0.0584. The fraction of sp³-hybridized carbons (Fsp3) is 0.281. The number of imidazole rings is 1. The van der Waals surface area contributed by atoms with Crippen LogP contribution in [0.15, 0.2) is 79.0 Å². The minimum Gasteiger partial charge on any atom is -0.384 e. The van der Waals surface area contributed by atoms with Crippen molar-refractivity contribution in [2.75, 3.05) is 13.6 Å². The molecule has 0 spiro atoms. The highest BCUT2D eigenvalue weighted by atomic mass is 16.1. The molecule has 1 aromatic heterocycles. The van der Waals surface area contributed by atoms with Crippen molar-refractivity contribution >= 4 is 12.1 Å². The van der Waals surface area contributed by atoms with Crippen molar-refractivity contribution in [2.24, 2.45) is 17.4 Å². The second-order valence-corrected chi connectivity index (χ2v) is 9.25. The van der Waals surface area contributed by atoms with E-state index in [1.165, 1.54) is 6.42 Å². The summed E-state index contributed by atoms with van der Waals surface area (Å²) < 4.78 is 1.99. The molecule has 0 bridgehead atoms. The summed E-state index contributed by atoms with van der Waals surface area (Å²) in [5, 5.41) is 11.0. The van der Waals surface area contributed by atoms with Crippen molar-refractivity contribution in [3.05, 3.63) is 102 Å². The number of carbonyl (C=O) groups excluding carboxylic acids is 1. The van der Waals surface area contributed by atoms with Gasteiger partial charge in [-0.25, -0.2) is 4.98 Å². The van der Waals surface area contributed by atoms with E-state index in [2.05, 4.69) is 78.3 Å². The fourth-order valence-electron chi connectivity index (χ4n) is 4.29. The van der Waals surface area contributed by atoms with Gasteiger partial charge in [0.1, 0.15) is 17.4 Å². The number of nitrogens with one attached hydrogen (secondary N) is 2. The normalized spacial score (nSPS) is 10.1. The van der Waals surface area contributed by atoms with Gasteiger partial charge in [-0.15, -0.1) is 0 Å². The fourth-order valence-corrected chi connectivity index (χ4v) is 4.29. The Morgan fingerprint density at radius 2 is 1.62 bits per heavy atom. The molecular weight excluding hydrogens is 498 g/mol. The van der Waals surface area contributed by atoms with Crippen LogP contribution in [0.3, 0.4) is 0 Å². The predicted molar refractivity (Wildman–Crippen MR) is 166 cm³/mol. The first-order valence-electron chi connectivity index (χ1n) is 13.6. The number of amidine groups is 1. The SMILES string of the molecule is CCCCc1ncc(C=O)n1Cc1ccc(-c2cc(-c3ccccc3)ccc2C(=N)N)cc1.CCCNC.NN. The van der Waals surface area contributed by atoms with Crippen LogP contribution >= 0.6 is 0 Å². The number of nitrogen functional groups attached to an aromatic ring is 1. The highest BCUT2D eigenvalue weighted by Crippen LogP contribution is 2.30.